The Labute approximate surface area is 187 Å². The van der Waals surface area contributed by atoms with Gasteiger partial charge in [-0.25, -0.2) is 8.42 Å². The standard InChI is InChI=1S/C23H24N2O4S2/c1-17(23(26)24-21-11-7-8-12-22(21)30-2)25(31(3,27)28)18-13-15-20(16-14-18)29-19-9-5-4-6-10-19/h4-17H,1-3H3,(H,24,26)/t17-/m1/s1. The molecule has 0 radical (unpaired) electrons. The van der Waals surface area contributed by atoms with Gasteiger partial charge in [0, 0.05) is 4.90 Å². The highest BCUT2D eigenvalue weighted by Crippen LogP contribution is 2.28. The third kappa shape index (κ3) is 5.80. The molecule has 1 atom stereocenters. The minimum Gasteiger partial charge on any atom is -0.457 e. The summed E-state index contributed by atoms with van der Waals surface area (Å²) in [5, 5.41) is 2.84. The van der Waals surface area contributed by atoms with Crippen LogP contribution in [0.25, 0.3) is 0 Å². The van der Waals surface area contributed by atoms with Crippen LogP contribution in [0, 0.1) is 0 Å². The molecule has 8 heteroatoms. The van der Waals surface area contributed by atoms with Gasteiger partial charge in [0.1, 0.15) is 17.5 Å². The summed E-state index contributed by atoms with van der Waals surface area (Å²) in [7, 11) is -3.72. The summed E-state index contributed by atoms with van der Waals surface area (Å²) in [6, 6.07) is 22.3. The molecule has 3 aromatic carbocycles. The van der Waals surface area contributed by atoms with Crippen molar-refractivity contribution in [2.75, 3.05) is 22.1 Å². The maximum absolute atomic E-state index is 12.9. The maximum Gasteiger partial charge on any atom is 0.248 e. The fraction of sp³-hybridized carbons (Fsp3) is 0.174. The van der Waals surface area contributed by atoms with Crippen molar-refractivity contribution in [2.24, 2.45) is 0 Å². The molecule has 162 valence electrons. The van der Waals surface area contributed by atoms with Crippen molar-refractivity contribution in [3.63, 3.8) is 0 Å². The van der Waals surface area contributed by atoms with Crippen LogP contribution in [-0.2, 0) is 14.8 Å². The number of amides is 1. The SMILES string of the molecule is CSc1ccccc1NC(=O)[C@@H](C)N(c1ccc(Oc2ccccc2)cc1)S(C)(=O)=O. The fourth-order valence-corrected chi connectivity index (χ4v) is 4.81. The van der Waals surface area contributed by atoms with Gasteiger partial charge in [0.15, 0.2) is 0 Å². The Bertz CT molecular complexity index is 1130. The molecule has 0 saturated carbocycles. The van der Waals surface area contributed by atoms with Crippen molar-refractivity contribution in [2.45, 2.75) is 17.9 Å². The Kier molecular flexibility index (Phi) is 7.25. The number of ether oxygens (including phenoxy) is 1. The van der Waals surface area contributed by atoms with Crippen LogP contribution >= 0.6 is 11.8 Å². The summed E-state index contributed by atoms with van der Waals surface area (Å²) in [5.41, 5.74) is 1.02. The van der Waals surface area contributed by atoms with Gasteiger partial charge in [0.25, 0.3) is 0 Å². The lowest BCUT2D eigenvalue weighted by molar-refractivity contribution is -0.116. The zero-order valence-electron chi connectivity index (χ0n) is 17.5. The van der Waals surface area contributed by atoms with Gasteiger partial charge in [-0.15, -0.1) is 11.8 Å². The highest BCUT2D eigenvalue weighted by molar-refractivity contribution is 7.98. The number of anilines is 2. The van der Waals surface area contributed by atoms with Crippen molar-refractivity contribution in [1.82, 2.24) is 0 Å². The highest BCUT2D eigenvalue weighted by Gasteiger charge is 2.29. The fourth-order valence-electron chi connectivity index (χ4n) is 3.08. The smallest absolute Gasteiger partial charge is 0.248 e. The minimum absolute atomic E-state index is 0.378. The molecule has 0 aromatic heterocycles. The quantitative estimate of drug-likeness (QED) is 0.483. The number of carbonyl (C=O) groups is 1. The topological polar surface area (TPSA) is 75.7 Å². The zero-order chi connectivity index (χ0) is 22.4. The second kappa shape index (κ2) is 9.89. The van der Waals surface area contributed by atoms with Gasteiger partial charge in [0.05, 0.1) is 17.6 Å². The van der Waals surface area contributed by atoms with Gasteiger partial charge in [-0.05, 0) is 61.7 Å². The van der Waals surface area contributed by atoms with E-state index in [4.69, 9.17) is 4.74 Å². The van der Waals surface area contributed by atoms with E-state index < -0.39 is 22.0 Å². The molecule has 3 rings (SSSR count). The van der Waals surface area contributed by atoms with Crippen molar-refractivity contribution in [3.8, 4) is 11.5 Å². The first-order valence-corrected chi connectivity index (χ1v) is 12.6. The number of para-hydroxylation sites is 2. The van der Waals surface area contributed by atoms with Gasteiger partial charge < -0.3 is 10.1 Å². The predicted octanol–water partition coefficient (Wildman–Crippen LogP) is 4.99. The Morgan fingerprint density at radius 2 is 1.52 bits per heavy atom. The Morgan fingerprint density at radius 3 is 2.13 bits per heavy atom. The molecule has 3 aromatic rings. The Morgan fingerprint density at radius 1 is 0.935 bits per heavy atom. The largest absolute Gasteiger partial charge is 0.457 e. The van der Waals surface area contributed by atoms with Gasteiger partial charge in [-0.1, -0.05) is 30.3 Å². The van der Waals surface area contributed by atoms with Crippen molar-refractivity contribution < 1.29 is 17.9 Å². The monoisotopic (exact) mass is 456 g/mol. The number of sulfonamides is 1. The van der Waals surface area contributed by atoms with E-state index in [1.807, 2.05) is 54.8 Å². The number of rotatable bonds is 8. The van der Waals surface area contributed by atoms with E-state index in [9.17, 15) is 13.2 Å². The number of carbonyl (C=O) groups excluding carboxylic acids is 1. The number of nitrogens with one attached hydrogen (secondary N) is 1. The molecule has 1 amide bonds. The zero-order valence-corrected chi connectivity index (χ0v) is 19.1. The van der Waals surface area contributed by atoms with E-state index in [1.165, 1.54) is 11.8 Å². The molecule has 0 aliphatic carbocycles. The van der Waals surface area contributed by atoms with Crippen LogP contribution in [0.3, 0.4) is 0 Å². The van der Waals surface area contributed by atoms with Crippen LogP contribution in [0.2, 0.25) is 0 Å². The summed E-state index contributed by atoms with van der Waals surface area (Å²) in [6.45, 7) is 1.56. The first-order valence-electron chi connectivity index (χ1n) is 9.56. The van der Waals surface area contributed by atoms with Crippen LogP contribution in [-0.4, -0.2) is 32.9 Å². The molecule has 31 heavy (non-hydrogen) atoms. The van der Waals surface area contributed by atoms with E-state index in [0.29, 0.717) is 22.9 Å². The summed E-state index contributed by atoms with van der Waals surface area (Å²) >= 11 is 1.50. The van der Waals surface area contributed by atoms with E-state index in [2.05, 4.69) is 5.32 Å². The van der Waals surface area contributed by atoms with Crippen molar-refractivity contribution in [3.05, 3.63) is 78.9 Å². The number of hydrogen-bond acceptors (Lipinski definition) is 5. The lowest BCUT2D eigenvalue weighted by Gasteiger charge is -2.28. The van der Waals surface area contributed by atoms with Crippen LogP contribution in [0.1, 0.15) is 6.92 Å². The molecule has 0 aliphatic heterocycles. The predicted molar refractivity (Wildman–Crippen MR) is 127 cm³/mol. The molecule has 6 nitrogen and oxygen atoms in total. The molecule has 1 N–H and O–H groups in total. The third-order valence-corrected chi connectivity index (χ3v) is 6.56. The van der Waals surface area contributed by atoms with Gasteiger partial charge in [0.2, 0.25) is 15.9 Å². The molecule has 0 heterocycles. The Balaban J connectivity index is 1.82. The molecule has 0 spiro atoms. The van der Waals surface area contributed by atoms with E-state index in [-0.39, 0.29) is 0 Å². The second-order valence-corrected chi connectivity index (χ2v) is 9.54. The maximum atomic E-state index is 12.9. The third-order valence-electron chi connectivity index (χ3n) is 4.52. The van der Waals surface area contributed by atoms with E-state index >= 15 is 0 Å². The van der Waals surface area contributed by atoms with Gasteiger partial charge >= 0.3 is 0 Å². The van der Waals surface area contributed by atoms with Crippen molar-refractivity contribution >= 4 is 39.1 Å². The van der Waals surface area contributed by atoms with Gasteiger partial charge in [-0.3, -0.25) is 9.10 Å². The molecular formula is C23H24N2O4S2. The van der Waals surface area contributed by atoms with Gasteiger partial charge in [-0.2, -0.15) is 0 Å². The highest BCUT2D eigenvalue weighted by atomic mass is 32.2. The van der Waals surface area contributed by atoms with E-state index in [1.54, 1.807) is 37.3 Å². The molecule has 0 bridgehead atoms. The average molecular weight is 457 g/mol. The average Bonchev–Trinajstić information content (AvgIpc) is 2.75. The molecule has 0 saturated heterocycles. The van der Waals surface area contributed by atoms with Crippen LogP contribution in [0.5, 0.6) is 11.5 Å². The van der Waals surface area contributed by atoms with Crippen LogP contribution in [0.15, 0.2) is 83.8 Å². The Hall–Kier alpha value is -2.97. The lowest BCUT2D eigenvalue weighted by Crippen LogP contribution is -2.45. The summed E-state index contributed by atoms with van der Waals surface area (Å²) in [6.07, 6.45) is 3.00. The summed E-state index contributed by atoms with van der Waals surface area (Å²) in [5.74, 6) is 0.821. The number of hydrogen-bond donors (Lipinski definition) is 1. The van der Waals surface area contributed by atoms with Crippen LogP contribution in [0.4, 0.5) is 11.4 Å². The summed E-state index contributed by atoms with van der Waals surface area (Å²) in [4.78, 5) is 13.8. The van der Waals surface area contributed by atoms with Crippen LogP contribution < -0.4 is 14.4 Å². The molecule has 0 unspecified atom stereocenters. The molecule has 0 fully saturated rings. The first kappa shape index (κ1) is 22.7. The second-order valence-electron chi connectivity index (χ2n) is 6.83. The lowest BCUT2D eigenvalue weighted by atomic mass is 10.2. The van der Waals surface area contributed by atoms with Crippen molar-refractivity contribution in [1.29, 1.82) is 0 Å². The minimum atomic E-state index is -3.72. The normalized spacial score (nSPS) is 12.1. The summed E-state index contributed by atoms with van der Waals surface area (Å²) < 4.78 is 31.9. The molecule has 0 aliphatic rings. The number of thioether (sulfide) groups is 1. The molecular weight excluding hydrogens is 432 g/mol. The number of nitrogens with zero attached hydrogens (tertiary/aromatic N) is 1. The number of benzene rings is 3. The first-order chi connectivity index (χ1) is 14.8. The van der Waals surface area contributed by atoms with E-state index in [0.717, 1.165) is 15.5 Å².